The second-order valence-electron chi connectivity index (χ2n) is 11.5. The summed E-state index contributed by atoms with van der Waals surface area (Å²) in [7, 11) is 0. The van der Waals surface area contributed by atoms with Gasteiger partial charge in [0.25, 0.3) is 12.4 Å². The largest absolute Gasteiger partial charge is 0.478 e. The first kappa shape index (κ1) is 45.0. The number of halogens is 4. The summed E-state index contributed by atoms with van der Waals surface area (Å²) in [6, 6.07) is 8.95. The first-order valence-corrected chi connectivity index (χ1v) is 15.8. The van der Waals surface area contributed by atoms with Gasteiger partial charge in [0, 0.05) is 33.1 Å². The van der Waals surface area contributed by atoms with E-state index in [1.807, 2.05) is 13.8 Å². The van der Waals surface area contributed by atoms with E-state index in [1.54, 1.807) is 45.9 Å². The van der Waals surface area contributed by atoms with Crippen LogP contribution in [0.15, 0.2) is 45.3 Å². The first-order chi connectivity index (χ1) is 20.6. The number of aliphatic hydroxyl groups is 3. The summed E-state index contributed by atoms with van der Waals surface area (Å²) in [6.07, 6.45) is 0.221. The van der Waals surface area contributed by atoms with E-state index < -0.39 is 22.5 Å². The van der Waals surface area contributed by atoms with E-state index in [9.17, 15) is 29.4 Å². The van der Waals surface area contributed by atoms with Gasteiger partial charge in [-0.2, -0.15) is 0 Å². The molecule has 0 unspecified atom stereocenters. The van der Waals surface area contributed by atoms with E-state index in [1.165, 1.54) is 18.2 Å². The molecule has 0 aliphatic rings. The molecular formula is C30H42Br2Cl2N2O9. The number of nitrogens with one attached hydrogen (secondary N) is 1. The Morgan fingerprint density at radius 3 is 1.76 bits per heavy atom. The number of hydrogen-bond donors (Lipinski definition) is 6. The van der Waals surface area contributed by atoms with Crippen LogP contribution in [0.4, 0.5) is 0 Å². The van der Waals surface area contributed by atoms with Crippen molar-refractivity contribution in [1.82, 2.24) is 5.32 Å². The number of nitrogens with two attached hydrogens (primary N) is 1. The second kappa shape index (κ2) is 21.6. The van der Waals surface area contributed by atoms with Crippen LogP contribution in [-0.4, -0.2) is 80.8 Å². The van der Waals surface area contributed by atoms with Gasteiger partial charge in [-0.15, -0.1) is 23.2 Å². The maximum Gasteiger partial charge on any atom is 0.336 e. The van der Waals surface area contributed by atoms with Crippen molar-refractivity contribution in [3.05, 3.63) is 62.0 Å². The number of aromatic carboxylic acids is 1. The molecule has 0 saturated heterocycles. The lowest BCUT2D eigenvalue weighted by atomic mass is 9.86. The lowest BCUT2D eigenvalue weighted by molar-refractivity contribution is -0.120. The lowest BCUT2D eigenvalue weighted by Gasteiger charge is -2.24. The molecule has 0 saturated carbocycles. The van der Waals surface area contributed by atoms with E-state index in [2.05, 4.69) is 41.9 Å². The monoisotopic (exact) mass is 802 g/mol. The molecule has 0 spiro atoms. The number of carboxylic acids is 1. The van der Waals surface area contributed by atoms with Crippen molar-refractivity contribution in [2.24, 2.45) is 11.1 Å². The summed E-state index contributed by atoms with van der Waals surface area (Å²) in [6.45, 7) is 10.7. The molecule has 254 valence electrons. The zero-order valence-corrected chi connectivity index (χ0v) is 30.7. The Morgan fingerprint density at radius 2 is 1.38 bits per heavy atom. The minimum absolute atomic E-state index is 0.0486. The number of benzene rings is 2. The van der Waals surface area contributed by atoms with E-state index in [0.717, 1.165) is 0 Å². The Morgan fingerprint density at radius 1 is 0.889 bits per heavy atom. The van der Waals surface area contributed by atoms with E-state index in [4.69, 9.17) is 39.1 Å². The maximum absolute atomic E-state index is 12.3. The fourth-order valence-electron chi connectivity index (χ4n) is 2.68. The third-order valence-electron chi connectivity index (χ3n) is 5.21. The Hall–Kier alpha value is -2.10. The summed E-state index contributed by atoms with van der Waals surface area (Å²) in [5.74, 6) is -1.16. The van der Waals surface area contributed by atoms with Gasteiger partial charge in [0.05, 0.1) is 35.2 Å². The molecule has 0 radical (unpaired) electrons. The van der Waals surface area contributed by atoms with E-state index >= 15 is 0 Å². The van der Waals surface area contributed by atoms with Crippen molar-refractivity contribution in [1.29, 1.82) is 0 Å². The van der Waals surface area contributed by atoms with Gasteiger partial charge >= 0.3 is 5.97 Å². The summed E-state index contributed by atoms with van der Waals surface area (Å²) in [5, 5.41) is 38.3. The molecular weight excluding hydrogens is 763 g/mol. The van der Waals surface area contributed by atoms with Gasteiger partial charge in [0.1, 0.15) is 5.75 Å². The van der Waals surface area contributed by atoms with Gasteiger partial charge in [-0.25, -0.2) is 4.79 Å². The standard InChI is InChI=1S/C17H24BrNO4.C8H5BrO4.C4H11NO.CH2Cl2/c1-16(2,9-20)8-14(22)11-5-6-12(13(18)7-11)15(23)19-17(3,4)10-21;9-7-3-5(13-4-10)1-2-6(7)8(11)12;1-4(2,5)3-6;2-1-3/h5-7,20-21H,8-10H2,1-4H3,(H,19,23);1-4H,(H,11,12);6H,3,5H2,1-2H3;1H2. The van der Waals surface area contributed by atoms with Crippen molar-refractivity contribution >= 4 is 79.2 Å². The number of rotatable bonds is 11. The highest BCUT2D eigenvalue weighted by molar-refractivity contribution is 9.10. The Labute approximate surface area is 290 Å². The number of alkyl halides is 2. The fraction of sp³-hybridized carbons (Fsp3) is 0.467. The zero-order valence-electron chi connectivity index (χ0n) is 26.0. The first-order valence-electron chi connectivity index (χ1n) is 13.2. The molecule has 0 atom stereocenters. The van der Waals surface area contributed by atoms with Gasteiger partial charge in [-0.1, -0.05) is 19.9 Å². The SMILES string of the molecule is CC(C)(CO)CC(=O)c1ccc(C(=O)NC(C)(C)CO)c(Br)c1.CC(C)(N)CO.ClCCl.O=COc1ccc(C(=O)O)c(Br)c1. The highest BCUT2D eigenvalue weighted by Crippen LogP contribution is 2.25. The van der Waals surface area contributed by atoms with Crippen LogP contribution >= 0.6 is 55.1 Å². The predicted molar refractivity (Wildman–Crippen MR) is 182 cm³/mol. The van der Waals surface area contributed by atoms with Crippen molar-refractivity contribution < 1.29 is 44.3 Å². The van der Waals surface area contributed by atoms with Gasteiger partial charge in [-0.05, 0) is 95.3 Å². The molecule has 0 aromatic heterocycles. The van der Waals surface area contributed by atoms with Crippen LogP contribution in [0.2, 0.25) is 0 Å². The number of Topliss-reactive ketones (excluding diaryl/α,β-unsaturated/α-hetero) is 1. The third kappa shape index (κ3) is 19.9. The van der Waals surface area contributed by atoms with Gasteiger partial charge in [0.2, 0.25) is 0 Å². The Balaban J connectivity index is 0. The number of ketones is 1. The van der Waals surface area contributed by atoms with E-state index in [-0.39, 0.29) is 55.3 Å². The van der Waals surface area contributed by atoms with Gasteiger partial charge in [0.15, 0.2) is 5.78 Å². The van der Waals surface area contributed by atoms with Crippen LogP contribution in [0.5, 0.6) is 5.75 Å². The van der Waals surface area contributed by atoms with Gasteiger partial charge in [-0.3, -0.25) is 14.4 Å². The van der Waals surface area contributed by atoms with Crippen LogP contribution in [0.25, 0.3) is 0 Å². The molecule has 2 aromatic rings. The van der Waals surface area contributed by atoms with Crippen LogP contribution in [0.3, 0.4) is 0 Å². The number of carbonyl (C=O) groups is 4. The molecule has 0 aliphatic carbocycles. The summed E-state index contributed by atoms with van der Waals surface area (Å²) in [4.78, 5) is 45.0. The summed E-state index contributed by atoms with van der Waals surface area (Å²) >= 11 is 15.9. The van der Waals surface area contributed by atoms with E-state index in [0.29, 0.717) is 25.8 Å². The van der Waals surface area contributed by atoms with Gasteiger partial charge < -0.3 is 36.2 Å². The molecule has 7 N–H and O–H groups in total. The zero-order chi connectivity index (χ0) is 35.6. The predicted octanol–water partition coefficient (Wildman–Crippen LogP) is 5.36. The molecule has 2 aromatic carbocycles. The summed E-state index contributed by atoms with van der Waals surface area (Å²) in [5.41, 5.74) is 4.67. The number of ether oxygens (including phenoxy) is 1. The van der Waals surface area contributed by atoms with Crippen LogP contribution in [0, 0.1) is 5.41 Å². The van der Waals surface area contributed by atoms with Crippen LogP contribution < -0.4 is 15.8 Å². The van der Waals surface area contributed by atoms with Crippen LogP contribution in [-0.2, 0) is 4.79 Å². The molecule has 2 rings (SSSR count). The normalized spacial score (nSPS) is 10.9. The average Bonchev–Trinajstić information content (AvgIpc) is 2.93. The lowest BCUT2D eigenvalue weighted by Crippen LogP contribution is -2.46. The molecule has 0 aliphatic heterocycles. The quantitative estimate of drug-likeness (QED) is 0.0978. The number of carboxylic acid groups (broad SMARTS) is 1. The molecule has 0 heterocycles. The topological polar surface area (TPSA) is 196 Å². The second-order valence-corrected chi connectivity index (χ2v) is 14.0. The Kier molecular flexibility index (Phi) is 21.7. The fourth-order valence-corrected chi connectivity index (χ4v) is 3.76. The highest BCUT2D eigenvalue weighted by Gasteiger charge is 2.24. The number of hydrogen-bond acceptors (Lipinski definition) is 9. The van der Waals surface area contributed by atoms with Crippen molar-refractivity contribution in [2.75, 3.05) is 25.2 Å². The molecule has 0 bridgehead atoms. The Bertz CT molecular complexity index is 1250. The van der Waals surface area contributed by atoms with Crippen molar-refractivity contribution in [2.45, 2.75) is 59.0 Å². The summed E-state index contributed by atoms with van der Waals surface area (Å²) < 4.78 is 5.40. The average molecular weight is 805 g/mol. The third-order valence-corrected chi connectivity index (χ3v) is 6.52. The molecule has 1 amide bonds. The molecule has 11 nitrogen and oxygen atoms in total. The molecule has 45 heavy (non-hydrogen) atoms. The van der Waals surface area contributed by atoms with Crippen molar-refractivity contribution in [3.63, 3.8) is 0 Å². The van der Waals surface area contributed by atoms with Crippen LogP contribution in [0.1, 0.15) is 79.0 Å². The number of carbonyl (C=O) groups excluding carboxylic acids is 3. The minimum Gasteiger partial charge on any atom is -0.478 e. The smallest absolute Gasteiger partial charge is 0.336 e. The number of amides is 1. The highest BCUT2D eigenvalue weighted by atomic mass is 79.9. The maximum atomic E-state index is 12.3. The molecule has 0 fully saturated rings. The van der Waals surface area contributed by atoms with Crippen molar-refractivity contribution in [3.8, 4) is 5.75 Å². The number of aliphatic hydroxyl groups excluding tert-OH is 3. The minimum atomic E-state index is -1.04. The molecule has 15 heteroatoms.